The van der Waals surface area contributed by atoms with E-state index >= 15 is 0 Å². The van der Waals surface area contributed by atoms with Crippen LogP contribution in [0.1, 0.15) is 18.5 Å². The van der Waals surface area contributed by atoms with E-state index in [0.717, 1.165) is 5.56 Å². The molecule has 0 aliphatic rings. The van der Waals surface area contributed by atoms with Gasteiger partial charge in [0.05, 0.1) is 20.1 Å². The first-order valence-electron chi connectivity index (χ1n) is 6.16. The summed E-state index contributed by atoms with van der Waals surface area (Å²) in [6.45, 7) is 1.95. The van der Waals surface area contributed by atoms with Crippen molar-refractivity contribution in [3.05, 3.63) is 55.7 Å². The van der Waals surface area contributed by atoms with E-state index in [1.807, 2.05) is 14.0 Å². The first kappa shape index (κ1) is 16.9. The highest BCUT2D eigenvalue weighted by atomic mass is 35.5. The van der Waals surface area contributed by atoms with Crippen molar-refractivity contribution in [2.24, 2.45) is 0 Å². The highest BCUT2D eigenvalue weighted by Crippen LogP contribution is 2.45. The second-order valence-electron chi connectivity index (χ2n) is 4.59. The van der Waals surface area contributed by atoms with Gasteiger partial charge in [0.15, 0.2) is 0 Å². The van der Waals surface area contributed by atoms with Gasteiger partial charge in [-0.1, -0.05) is 52.5 Å². The third-order valence-corrected chi connectivity index (χ3v) is 4.87. The van der Waals surface area contributed by atoms with Gasteiger partial charge in [0.2, 0.25) is 0 Å². The van der Waals surface area contributed by atoms with Crippen LogP contribution < -0.4 is 5.32 Å². The lowest BCUT2D eigenvalue weighted by Crippen LogP contribution is -2.13. The molecule has 0 heterocycles. The molecule has 6 heteroatoms. The van der Waals surface area contributed by atoms with E-state index < -0.39 is 0 Å². The number of hydrogen-bond acceptors (Lipinski definition) is 1. The quantitative estimate of drug-likeness (QED) is 0.620. The minimum atomic E-state index is -0.389. The molecular formula is C15H12Cl4FN. The van der Waals surface area contributed by atoms with Crippen molar-refractivity contribution in [1.82, 2.24) is 5.32 Å². The fourth-order valence-corrected chi connectivity index (χ4v) is 3.10. The zero-order valence-corrected chi connectivity index (χ0v) is 14.3. The van der Waals surface area contributed by atoms with Gasteiger partial charge in [-0.15, -0.1) is 0 Å². The molecule has 1 unspecified atom stereocenters. The zero-order valence-electron chi connectivity index (χ0n) is 11.3. The summed E-state index contributed by atoms with van der Waals surface area (Å²) >= 11 is 24.6. The van der Waals surface area contributed by atoms with Gasteiger partial charge in [-0.2, -0.15) is 0 Å². The lowest BCUT2D eigenvalue weighted by Gasteiger charge is -2.19. The molecule has 0 saturated heterocycles. The van der Waals surface area contributed by atoms with E-state index in [0.29, 0.717) is 11.1 Å². The molecule has 0 fully saturated rings. The van der Waals surface area contributed by atoms with Crippen molar-refractivity contribution in [3.8, 4) is 11.1 Å². The van der Waals surface area contributed by atoms with Crippen LogP contribution in [-0.2, 0) is 0 Å². The van der Waals surface area contributed by atoms with Crippen LogP contribution in [-0.4, -0.2) is 7.05 Å². The zero-order chi connectivity index (χ0) is 15.7. The molecule has 2 aromatic rings. The van der Waals surface area contributed by atoms with Crippen molar-refractivity contribution >= 4 is 46.4 Å². The number of halogens is 5. The molecule has 1 atom stereocenters. The Morgan fingerprint density at radius 2 is 1.57 bits per heavy atom. The smallest absolute Gasteiger partial charge is 0.123 e. The van der Waals surface area contributed by atoms with E-state index in [1.165, 1.54) is 18.2 Å². The largest absolute Gasteiger partial charge is 0.313 e. The van der Waals surface area contributed by atoms with Crippen LogP contribution in [0.3, 0.4) is 0 Å². The maximum absolute atomic E-state index is 13.7. The molecular weight excluding hydrogens is 355 g/mol. The molecule has 1 nitrogen and oxygen atoms in total. The molecule has 0 amide bonds. The van der Waals surface area contributed by atoms with Crippen LogP contribution in [0.4, 0.5) is 4.39 Å². The van der Waals surface area contributed by atoms with Gasteiger partial charge in [0, 0.05) is 11.6 Å². The molecule has 0 saturated carbocycles. The third-order valence-electron chi connectivity index (χ3n) is 3.30. The summed E-state index contributed by atoms with van der Waals surface area (Å²) in [5.74, 6) is -0.389. The fraction of sp³-hybridized carbons (Fsp3) is 0.200. The number of rotatable bonds is 3. The van der Waals surface area contributed by atoms with Gasteiger partial charge in [-0.25, -0.2) is 4.39 Å². The summed E-state index contributed by atoms with van der Waals surface area (Å²) < 4.78 is 13.7. The SMILES string of the molecule is CNC(C)c1ccc(F)cc1-c1c(Cl)c(Cl)cc(Cl)c1Cl. The third kappa shape index (κ3) is 3.30. The van der Waals surface area contributed by atoms with Crippen molar-refractivity contribution in [1.29, 1.82) is 0 Å². The Kier molecular flexibility index (Phi) is 5.39. The Morgan fingerprint density at radius 3 is 2.10 bits per heavy atom. The van der Waals surface area contributed by atoms with Crippen LogP contribution >= 0.6 is 46.4 Å². The molecule has 0 aliphatic carbocycles. The predicted octanol–water partition coefficient (Wildman–Crippen LogP) is 6.39. The second kappa shape index (κ2) is 6.72. The predicted molar refractivity (Wildman–Crippen MR) is 89.4 cm³/mol. The number of nitrogens with one attached hydrogen (secondary N) is 1. The summed E-state index contributed by atoms with van der Waals surface area (Å²) in [5, 5.41) is 4.15. The molecule has 21 heavy (non-hydrogen) atoms. The highest BCUT2D eigenvalue weighted by Gasteiger charge is 2.20. The van der Waals surface area contributed by atoms with Gasteiger partial charge < -0.3 is 5.32 Å². The maximum atomic E-state index is 13.7. The Bertz CT molecular complexity index is 662. The van der Waals surface area contributed by atoms with Crippen LogP contribution in [0, 0.1) is 5.82 Å². The Hall–Kier alpha value is -0.510. The van der Waals surface area contributed by atoms with Gasteiger partial charge in [-0.3, -0.25) is 0 Å². The molecule has 0 aliphatic heterocycles. The molecule has 0 radical (unpaired) electrons. The molecule has 0 spiro atoms. The minimum Gasteiger partial charge on any atom is -0.313 e. The van der Waals surface area contributed by atoms with E-state index in [1.54, 1.807) is 6.07 Å². The maximum Gasteiger partial charge on any atom is 0.123 e. The normalized spacial score (nSPS) is 12.5. The van der Waals surface area contributed by atoms with Gasteiger partial charge >= 0.3 is 0 Å². The monoisotopic (exact) mass is 365 g/mol. The van der Waals surface area contributed by atoms with Gasteiger partial charge in [0.1, 0.15) is 5.82 Å². The van der Waals surface area contributed by atoms with E-state index in [-0.39, 0.29) is 31.9 Å². The topological polar surface area (TPSA) is 12.0 Å². The standard InChI is InChI=1S/C15H12Cl4FN/c1-7(21-2)9-4-3-8(20)5-10(9)13-14(18)11(16)6-12(17)15(13)19/h3-7,21H,1-2H3. The fourth-order valence-electron chi connectivity index (χ4n) is 2.09. The molecule has 0 bridgehead atoms. The average Bonchev–Trinajstić information content (AvgIpc) is 2.45. The minimum absolute atomic E-state index is 0.0227. The molecule has 2 rings (SSSR count). The summed E-state index contributed by atoms with van der Waals surface area (Å²) in [6.07, 6.45) is 0. The average molecular weight is 367 g/mol. The summed E-state index contributed by atoms with van der Waals surface area (Å²) in [4.78, 5) is 0. The summed E-state index contributed by atoms with van der Waals surface area (Å²) in [5.41, 5.74) is 1.85. The highest BCUT2D eigenvalue weighted by molar-refractivity contribution is 6.50. The van der Waals surface area contributed by atoms with Gasteiger partial charge in [0.25, 0.3) is 0 Å². The van der Waals surface area contributed by atoms with Crippen molar-refractivity contribution < 1.29 is 4.39 Å². The first-order valence-corrected chi connectivity index (χ1v) is 7.68. The van der Waals surface area contributed by atoms with Gasteiger partial charge in [-0.05, 0) is 43.3 Å². The van der Waals surface area contributed by atoms with Crippen LogP contribution in [0.15, 0.2) is 24.3 Å². The van der Waals surface area contributed by atoms with Crippen LogP contribution in [0.2, 0.25) is 20.1 Å². The molecule has 0 aromatic heterocycles. The Labute approximate surface area is 143 Å². The summed E-state index contributed by atoms with van der Waals surface area (Å²) in [6, 6.07) is 5.90. The molecule has 1 N–H and O–H groups in total. The lowest BCUT2D eigenvalue weighted by atomic mass is 9.95. The number of benzene rings is 2. The van der Waals surface area contributed by atoms with Crippen molar-refractivity contribution in [3.63, 3.8) is 0 Å². The van der Waals surface area contributed by atoms with Crippen LogP contribution in [0.25, 0.3) is 11.1 Å². The lowest BCUT2D eigenvalue weighted by molar-refractivity contribution is 0.620. The van der Waals surface area contributed by atoms with E-state index in [9.17, 15) is 4.39 Å². The Balaban J connectivity index is 2.81. The summed E-state index contributed by atoms with van der Waals surface area (Å²) in [7, 11) is 1.81. The molecule has 2 aromatic carbocycles. The van der Waals surface area contributed by atoms with E-state index in [4.69, 9.17) is 46.4 Å². The number of hydrogen-bond donors (Lipinski definition) is 1. The molecule has 112 valence electrons. The van der Waals surface area contributed by atoms with Crippen molar-refractivity contribution in [2.75, 3.05) is 7.05 Å². The van der Waals surface area contributed by atoms with Crippen molar-refractivity contribution in [2.45, 2.75) is 13.0 Å². The van der Waals surface area contributed by atoms with E-state index in [2.05, 4.69) is 5.32 Å². The first-order chi connectivity index (χ1) is 9.86. The second-order valence-corrected chi connectivity index (χ2v) is 6.16. The Morgan fingerprint density at radius 1 is 1.00 bits per heavy atom. The van der Waals surface area contributed by atoms with Crippen LogP contribution in [0.5, 0.6) is 0 Å².